The predicted octanol–water partition coefficient (Wildman–Crippen LogP) is 1.43. The minimum atomic E-state index is 0.726. The van der Waals surface area contributed by atoms with Crippen LogP contribution in [-0.2, 0) is 19.4 Å². The van der Waals surface area contributed by atoms with E-state index in [0.717, 1.165) is 25.6 Å². The third-order valence-electron chi connectivity index (χ3n) is 3.27. The molecule has 14 heavy (non-hydrogen) atoms. The van der Waals surface area contributed by atoms with Crippen LogP contribution in [0, 0.1) is 0 Å². The second kappa shape index (κ2) is 3.09. The van der Waals surface area contributed by atoms with Crippen LogP contribution in [-0.4, -0.2) is 16.3 Å². The Hall–Kier alpha value is -0.830. The molecule has 2 heterocycles. The minimum Gasteiger partial charge on any atom is -0.311 e. The number of fused-ring (bicyclic) bond motifs is 1. The zero-order chi connectivity index (χ0) is 9.54. The maximum Gasteiger partial charge on any atom is 0.0657 e. The molecule has 1 aliphatic heterocycles. The number of hydrogen-bond acceptors (Lipinski definition) is 2. The highest BCUT2D eigenvalue weighted by Crippen LogP contribution is 2.37. The van der Waals surface area contributed by atoms with Crippen LogP contribution < -0.4 is 5.32 Å². The van der Waals surface area contributed by atoms with Gasteiger partial charge in [0.1, 0.15) is 0 Å². The average Bonchev–Trinajstić information content (AvgIpc) is 3.00. The lowest BCUT2D eigenvalue weighted by Gasteiger charge is -2.15. The first-order valence-electron chi connectivity index (χ1n) is 5.70. The molecular formula is C11H17N3. The number of aryl methyl sites for hydroxylation is 1. The summed E-state index contributed by atoms with van der Waals surface area (Å²) in [6.45, 7) is 4.36. The Labute approximate surface area is 84.5 Å². The van der Waals surface area contributed by atoms with Gasteiger partial charge in [0, 0.05) is 6.54 Å². The number of rotatable bonds is 2. The molecule has 2 aliphatic rings. The number of nitrogens with zero attached hydrogens (tertiary/aromatic N) is 2. The largest absolute Gasteiger partial charge is 0.311 e. The fourth-order valence-corrected chi connectivity index (χ4v) is 2.36. The summed E-state index contributed by atoms with van der Waals surface area (Å²) in [5.74, 6) is 0. The van der Waals surface area contributed by atoms with E-state index in [1.165, 1.54) is 36.2 Å². The van der Waals surface area contributed by atoms with Crippen LogP contribution in [0.1, 0.15) is 42.8 Å². The Balaban J connectivity index is 2.07. The van der Waals surface area contributed by atoms with Crippen LogP contribution in [0.4, 0.5) is 0 Å². The van der Waals surface area contributed by atoms with Crippen molar-refractivity contribution in [1.29, 1.82) is 0 Å². The summed E-state index contributed by atoms with van der Waals surface area (Å²) in [4.78, 5) is 0. The summed E-state index contributed by atoms with van der Waals surface area (Å²) in [6, 6.07) is 0.726. The average molecular weight is 191 g/mol. The second-order valence-electron chi connectivity index (χ2n) is 4.33. The zero-order valence-corrected chi connectivity index (χ0v) is 8.71. The van der Waals surface area contributed by atoms with E-state index in [4.69, 9.17) is 5.10 Å². The van der Waals surface area contributed by atoms with Gasteiger partial charge in [0.15, 0.2) is 0 Å². The normalized spacial score (nSPS) is 20.9. The lowest BCUT2D eigenvalue weighted by Crippen LogP contribution is -2.25. The van der Waals surface area contributed by atoms with Crippen LogP contribution in [0.5, 0.6) is 0 Å². The monoisotopic (exact) mass is 191 g/mol. The van der Waals surface area contributed by atoms with Gasteiger partial charge in [0.25, 0.3) is 0 Å². The van der Waals surface area contributed by atoms with Gasteiger partial charge < -0.3 is 5.32 Å². The Bertz CT molecular complexity index is 350. The van der Waals surface area contributed by atoms with Crippen LogP contribution in [0.3, 0.4) is 0 Å². The zero-order valence-electron chi connectivity index (χ0n) is 8.71. The Morgan fingerprint density at radius 2 is 2.36 bits per heavy atom. The third kappa shape index (κ3) is 1.19. The quantitative estimate of drug-likeness (QED) is 0.766. The first kappa shape index (κ1) is 8.48. The second-order valence-corrected chi connectivity index (χ2v) is 4.33. The fraction of sp³-hybridized carbons (Fsp3) is 0.727. The molecule has 0 saturated heterocycles. The van der Waals surface area contributed by atoms with Gasteiger partial charge in [-0.05, 0) is 37.8 Å². The van der Waals surface area contributed by atoms with E-state index in [1.807, 2.05) is 0 Å². The summed E-state index contributed by atoms with van der Waals surface area (Å²) < 4.78 is 2.29. The molecule has 1 aromatic rings. The summed E-state index contributed by atoms with van der Waals surface area (Å²) >= 11 is 0. The molecule has 0 unspecified atom stereocenters. The molecule has 1 fully saturated rings. The van der Waals surface area contributed by atoms with E-state index >= 15 is 0 Å². The van der Waals surface area contributed by atoms with Crippen molar-refractivity contribution in [2.45, 2.75) is 45.2 Å². The summed E-state index contributed by atoms with van der Waals surface area (Å²) in [5, 5.41) is 8.19. The predicted molar refractivity (Wildman–Crippen MR) is 55.3 cm³/mol. The SMILES string of the molecule is CCc1nn(C2CC2)c2c1CCNC2. The summed E-state index contributed by atoms with van der Waals surface area (Å²) in [5.41, 5.74) is 4.35. The van der Waals surface area contributed by atoms with Crippen LogP contribution in [0.2, 0.25) is 0 Å². The molecule has 1 saturated carbocycles. The fourth-order valence-electron chi connectivity index (χ4n) is 2.36. The maximum absolute atomic E-state index is 4.75. The van der Waals surface area contributed by atoms with Gasteiger partial charge in [-0.2, -0.15) is 5.10 Å². The lowest BCUT2D eigenvalue weighted by atomic mass is 10.0. The number of nitrogens with one attached hydrogen (secondary N) is 1. The molecule has 3 nitrogen and oxygen atoms in total. The molecule has 1 aliphatic carbocycles. The van der Waals surface area contributed by atoms with E-state index in [2.05, 4.69) is 16.9 Å². The third-order valence-corrected chi connectivity index (χ3v) is 3.27. The van der Waals surface area contributed by atoms with Gasteiger partial charge in [0.05, 0.1) is 17.4 Å². The van der Waals surface area contributed by atoms with Gasteiger partial charge in [0.2, 0.25) is 0 Å². The smallest absolute Gasteiger partial charge is 0.0657 e. The van der Waals surface area contributed by atoms with E-state index in [-0.39, 0.29) is 0 Å². The summed E-state index contributed by atoms with van der Waals surface area (Å²) in [7, 11) is 0. The first-order valence-corrected chi connectivity index (χ1v) is 5.70. The van der Waals surface area contributed by atoms with Crippen molar-refractivity contribution < 1.29 is 0 Å². The number of hydrogen-bond donors (Lipinski definition) is 1. The molecule has 0 amide bonds. The van der Waals surface area contributed by atoms with Gasteiger partial charge in [-0.25, -0.2) is 0 Å². The minimum absolute atomic E-state index is 0.726. The molecule has 1 N–H and O–H groups in total. The van der Waals surface area contributed by atoms with Gasteiger partial charge in [-0.1, -0.05) is 6.92 Å². The highest BCUT2D eigenvalue weighted by Gasteiger charge is 2.30. The van der Waals surface area contributed by atoms with Crippen molar-refractivity contribution in [3.63, 3.8) is 0 Å². The van der Waals surface area contributed by atoms with Crippen molar-refractivity contribution in [3.05, 3.63) is 17.0 Å². The van der Waals surface area contributed by atoms with Crippen molar-refractivity contribution in [1.82, 2.24) is 15.1 Å². The van der Waals surface area contributed by atoms with Crippen molar-refractivity contribution in [2.75, 3.05) is 6.54 Å². The molecule has 0 aromatic carbocycles. The van der Waals surface area contributed by atoms with Gasteiger partial charge in [-0.15, -0.1) is 0 Å². The molecule has 76 valence electrons. The topological polar surface area (TPSA) is 29.9 Å². The number of aromatic nitrogens is 2. The molecule has 0 atom stereocenters. The Morgan fingerprint density at radius 3 is 3.07 bits per heavy atom. The molecule has 1 aromatic heterocycles. The van der Waals surface area contributed by atoms with E-state index < -0.39 is 0 Å². The molecule has 3 heteroatoms. The molecule has 3 rings (SSSR count). The molecule has 0 bridgehead atoms. The van der Waals surface area contributed by atoms with E-state index in [0.29, 0.717) is 0 Å². The van der Waals surface area contributed by atoms with Crippen molar-refractivity contribution >= 4 is 0 Å². The maximum atomic E-state index is 4.75. The highest BCUT2D eigenvalue weighted by molar-refractivity contribution is 5.29. The van der Waals surface area contributed by atoms with E-state index in [1.54, 1.807) is 0 Å². The molecule has 0 spiro atoms. The van der Waals surface area contributed by atoms with Crippen molar-refractivity contribution in [2.24, 2.45) is 0 Å². The van der Waals surface area contributed by atoms with Crippen LogP contribution >= 0.6 is 0 Å². The van der Waals surface area contributed by atoms with Crippen LogP contribution in [0.15, 0.2) is 0 Å². The first-order chi connectivity index (χ1) is 6.90. The Kier molecular flexibility index (Phi) is 1.87. The molecule has 0 radical (unpaired) electrons. The summed E-state index contributed by atoms with van der Waals surface area (Å²) in [6.07, 6.45) is 4.92. The van der Waals surface area contributed by atoms with Gasteiger partial charge >= 0.3 is 0 Å². The van der Waals surface area contributed by atoms with Gasteiger partial charge in [-0.3, -0.25) is 4.68 Å². The molecular weight excluding hydrogens is 174 g/mol. The highest BCUT2D eigenvalue weighted by atomic mass is 15.3. The van der Waals surface area contributed by atoms with Crippen LogP contribution in [0.25, 0.3) is 0 Å². The lowest BCUT2D eigenvalue weighted by molar-refractivity contribution is 0.550. The van der Waals surface area contributed by atoms with E-state index in [9.17, 15) is 0 Å². The standard InChI is InChI=1S/C11H17N3/c1-2-10-9-5-6-12-7-11(9)14(13-10)8-3-4-8/h8,12H,2-7H2,1H3. The Morgan fingerprint density at radius 1 is 1.50 bits per heavy atom. The van der Waals surface area contributed by atoms with Crippen molar-refractivity contribution in [3.8, 4) is 0 Å².